The van der Waals surface area contributed by atoms with Gasteiger partial charge in [-0.3, -0.25) is 77.1 Å². The van der Waals surface area contributed by atoms with Crippen LogP contribution < -0.4 is 58.6 Å². The molecule has 0 fully saturated rings. The summed E-state index contributed by atoms with van der Waals surface area (Å²) in [4.78, 5) is 187. The Morgan fingerprint density at radius 2 is 0.836 bits per heavy atom. The molecule has 0 spiro atoms. The van der Waals surface area contributed by atoms with Crippen LogP contribution in [0.1, 0.15) is 142 Å². The number of hydrogen-bond donors (Lipinski definition) is 17. The first-order chi connectivity index (χ1) is 58.8. The van der Waals surface area contributed by atoms with Gasteiger partial charge in [-0.2, -0.15) is 0 Å². The lowest BCUT2D eigenvalue weighted by Crippen LogP contribution is -2.49. The number of phenolic OH excluding ortho intramolecular Hbond substituents is 5. The number of carboxylic acids is 2. The lowest BCUT2D eigenvalue weighted by Gasteiger charge is -2.31. The molecule has 36 nitrogen and oxygen atoms in total. The van der Waals surface area contributed by atoms with E-state index in [1.165, 1.54) is 121 Å². The highest BCUT2D eigenvalue weighted by Crippen LogP contribution is 2.42. The van der Waals surface area contributed by atoms with Crippen molar-refractivity contribution in [3.05, 3.63) is 193 Å². The second-order valence-electron chi connectivity index (χ2n) is 29.7. The van der Waals surface area contributed by atoms with E-state index >= 15 is 0 Å². The number of unbranched alkanes of at least 4 members (excludes halogenated alkanes) is 1. The van der Waals surface area contributed by atoms with Gasteiger partial charge in [0.1, 0.15) is 40.1 Å². The van der Waals surface area contributed by atoms with Crippen LogP contribution in [0.25, 0.3) is 33.4 Å². The molecule has 17 N–H and O–H groups in total. The summed E-state index contributed by atoms with van der Waals surface area (Å²) < 4.78 is 5.94. The van der Waals surface area contributed by atoms with Crippen molar-refractivity contribution in [2.24, 2.45) is 0 Å². The smallest absolute Gasteiger partial charge is 0.336 e. The van der Waals surface area contributed by atoms with E-state index in [-0.39, 0.29) is 272 Å². The molecule has 6 aromatic carbocycles. The minimum absolute atomic E-state index is 0.00526. The Morgan fingerprint density at radius 3 is 1.28 bits per heavy atom. The topological polar surface area (TPSA) is 513 Å². The minimum Gasteiger partial charge on any atom is -0.508 e. The van der Waals surface area contributed by atoms with Gasteiger partial charge in [0.2, 0.25) is 5.91 Å². The molecule has 122 heavy (non-hydrogen) atoms. The van der Waals surface area contributed by atoms with Gasteiger partial charge in [-0.05, 0) is 123 Å². The summed E-state index contributed by atoms with van der Waals surface area (Å²) in [5.41, 5.74) is -1.16. The lowest BCUT2D eigenvalue weighted by molar-refractivity contribution is -0.137. The van der Waals surface area contributed by atoms with Crippen LogP contribution in [0.4, 0.5) is 0 Å². The molecule has 5 aliphatic heterocycles. The number of phenols is 5. The summed E-state index contributed by atoms with van der Waals surface area (Å²) in [5.74, 6) is -11.6. The van der Waals surface area contributed by atoms with Gasteiger partial charge in [0.05, 0.1) is 50.1 Å². The van der Waals surface area contributed by atoms with Crippen molar-refractivity contribution in [3.8, 4) is 51.2 Å². The Labute approximate surface area is 700 Å². The molecule has 0 saturated heterocycles. The second kappa shape index (κ2) is 42.9. The molecule has 1 aliphatic carbocycles. The quantitative estimate of drug-likeness (QED) is 0.0433. The van der Waals surface area contributed by atoms with Gasteiger partial charge in [-0.15, -0.1) is 0 Å². The molecule has 12 rings (SSSR count). The van der Waals surface area contributed by atoms with Crippen LogP contribution in [0.2, 0.25) is 0 Å². The molecular weight excluding hydrogens is 1580 g/mol. The first kappa shape index (κ1) is 89.2. The number of benzene rings is 7. The van der Waals surface area contributed by atoms with Gasteiger partial charge in [-0.25, -0.2) is 4.79 Å². The largest absolute Gasteiger partial charge is 0.508 e. The fourth-order valence-electron chi connectivity index (χ4n) is 14.8. The van der Waals surface area contributed by atoms with Gasteiger partial charge in [0.25, 0.3) is 53.2 Å². The SMILES string of the molecule is O=C(O)CCCN(CCNC(=O)c1ccc(-c2c3ccc(=O)cc-3oc3cc(O)ccc23)c(C(=O)O)c1)CCC(=O)NCCCCC1CN2CCNC(=O)c3cccc(c3O)C(=O)NCCN(CCNC(=O)c3cccc(c3O)C(=O)N1)CCN1CCNC(=O)c3cccc(c3O)C(=O)NCCN(CCNC(=O)c3cccc(c3O)C(=O)NCC1)CC2. The molecule has 3 unspecified atom stereocenters. The number of aliphatic carboxylic acids is 1. The minimum atomic E-state index is -1.36. The highest BCUT2D eigenvalue weighted by molar-refractivity contribution is 6.10. The van der Waals surface area contributed by atoms with Gasteiger partial charge >= 0.3 is 11.9 Å². The number of carbonyl (C=O) groups excluding carboxylic acids is 10. The van der Waals surface area contributed by atoms with Crippen LogP contribution in [0.5, 0.6) is 28.7 Å². The van der Waals surface area contributed by atoms with E-state index in [4.69, 9.17) is 4.42 Å². The fourth-order valence-corrected chi connectivity index (χ4v) is 14.8. The predicted octanol–water partition coefficient (Wildman–Crippen LogP) is 2.62. The molecular formula is C86H99N15O21. The van der Waals surface area contributed by atoms with Crippen molar-refractivity contribution in [2.45, 2.75) is 44.6 Å². The third-order valence-electron chi connectivity index (χ3n) is 21.4. The third-order valence-corrected chi connectivity index (χ3v) is 21.4. The number of carboxylic acid groups (broad SMARTS) is 2. The number of nitrogens with one attached hydrogen (secondary N) is 10. The van der Waals surface area contributed by atoms with E-state index in [1.54, 1.807) is 11.0 Å². The third kappa shape index (κ3) is 23.9. The van der Waals surface area contributed by atoms with E-state index in [9.17, 15) is 98.1 Å². The number of nitrogens with zero attached hydrogens (tertiary/aromatic N) is 5. The summed E-state index contributed by atoms with van der Waals surface area (Å²) in [6, 6.07) is 28.3. The maximum Gasteiger partial charge on any atom is 0.336 e. The molecule has 36 heteroatoms. The normalized spacial score (nSPS) is 18.6. The first-order valence-electron chi connectivity index (χ1n) is 40.3. The average Bonchev–Trinajstić information content (AvgIpc) is 0.745. The number of aromatic hydroxyl groups is 5. The van der Waals surface area contributed by atoms with Crippen LogP contribution in [0.3, 0.4) is 0 Å². The van der Waals surface area contributed by atoms with Crippen molar-refractivity contribution in [3.63, 3.8) is 0 Å². The molecule has 644 valence electrons. The number of amides is 10. The summed E-state index contributed by atoms with van der Waals surface area (Å²) >= 11 is 0. The van der Waals surface area contributed by atoms with Gasteiger partial charge in [0, 0.05) is 204 Å². The maximum absolute atomic E-state index is 14.8. The summed E-state index contributed by atoms with van der Waals surface area (Å²) in [6.45, 7) is 1.48. The number of carbonyl (C=O) groups is 12. The predicted molar refractivity (Wildman–Crippen MR) is 446 cm³/mol. The molecule has 0 radical (unpaired) electrons. The van der Waals surface area contributed by atoms with Crippen molar-refractivity contribution in [1.29, 1.82) is 0 Å². The average molecular weight is 1680 g/mol. The molecule has 5 heterocycles. The van der Waals surface area contributed by atoms with Crippen molar-refractivity contribution in [2.75, 3.05) is 157 Å². The molecule has 0 aromatic heterocycles. The van der Waals surface area contributed by atoms with E-state index in [0.717, 1.165) is 0 Å². The first-order valence-corrected chi connectivity index (χ1v) is 40.3. The van der Waals surface area contributed by atoms with Crippen LogP contribution in [0, 0.1) is 0 Å². The number of aromatic carboxylic acids is 1. The number of rotatable bonds is 18. The van der Waals surface area contributed by atoms with E-state index in [0.29, 0.717) is 29.4 Å². The monoisotopic (exact) mass is 1680 g/mol. The van der Waals surface area contributed by atoms with Crippen molar-refractivity contribution >= 4 is 82.0 Å². The van der Waals surface area contributed by atoms with E-state index in [1.807, 2.05) is 19.6 Å². The molecule has 10 amide bonds. The van der Waals surface area contributed by atoms with E-state index < -0.39 is 94.1 Å². The van der Waals surface area contributed by atoms with E-state index in [2.05, 4.69) is 53.2 Å². The lowest BCUT2D eigenvalue weighted by atomic mass is 9.90. The van der Waals surface area contributed by atoms with Gasteiger partial charge in [0.15, 0.2) is 5.43 Å². The summed E-state index contributed by atoms with van der Waals surface area (Å²) in [6.07, 6.45) is 0.810. The standard InChI is InChI=1S/C86H99N15O21/c102-54-19-22-57-68(49-54)122-69-50-55(103)20-23-58(69)72(57)56-21-18-52(48-67(56)86(120)121)77(111)88-26-36-97(34-7-17-71(105)106)35-24-70(104)87-25-2-1-8-53-51-101-43-33-95-83(117)64-14-5-13-63(75(64)109)80(114)91-29-39-99(40-30-94-84(118)65-15-6-16-66(76(65)110)85(119)96-53)45-44-98-37-27-89-78(112)59-9-3-11-61(73(59)107)81(115)92-31-41-100(46-47-101)42-32-93-82(116)62-12-4-10-60(74(62)108)79(113)90-28-38-98/h3-6,9-16,18-23,48-50,53,102,107-110H,1-2,7-8,17,24-47,51H2,(H,87,104)(H,88,111)(H,89,112)(H,90,113)(H,91,114)(H,92,115)(H,93,116)(H,94,118)(H,95,117)(H,96,119)(H,105,106)(H,120,121). The second-order valence-corrected chi connectivity index (χ2v) is 29.7. The highest BCUT2D eigenvalue weighted by Gasteiger charge is 2.30. The molecule has 0 saturated carbocycles. The Kier molecular flexibility index (Phi) is 31.4. The zero-order valence-corrected chi connectivity index (χ0v) is 67.0. The summed E-state index contributed by atoms with van der Waals surface area (Å²) in [7, 11) is 0. The molecule has 6 aromatic rings. The van der Waals surface area contributed by atoms with Gasteiger partial charge < -0.3 is 98.2 Å². The highest BCUT2D eigenvalue weighted by atomic mass is 16.4. The van der Waals surface area contributed by atoms with Gasteiger partial charge in [-0.1, -0.05) is 30.3 Å². The zero-order valence-electron chi connectivity index (χ0n) is 67.0. The Hall–Kier alpha value is -13.6. The van der Waals surface area contributed by atoms with Crippen LogP contribution >= 0.6 is 0 Å². The van der Waals surface area contributed by atoms with Crippen molar-refractivity contribution in [1.82, 2.24) is 77.7 Å². The number of fused-ring (bicyclic) bond motifs is 18. The number of hydrogen-bond acceptors (Lipinski definition) is 24. The molecule has 3 atom stereocenters. The van der Waals surface area contributed by atoms with Crippen LogP contribution in [-0.2, 0) is 9.59 Å². The fraction of sp³-hybridized carbons (Fsp3) is 0.360. The van der Waals surface area contributed by atoms with Crippen LogP contribution in [-0.4, -0.2) is 294 Å². The Bertz CT molecular complexity index is 5160. The Balaban J connectivity index is 0.836. The summed E-state index contributed by atoms with van der Waals surface area (Å²) in [5, 5.41) is 106. The maximum atomic E-state index is 14.8. The molecule has 6 aliphatic rings. The van der Waals surface area contributed by atoms with Crippen molar-refractivity contribution < 1.29 is 97.7 Å². The van der Waals surface area contributed by atoms with Crippen LogP contribution in [0.15, 0.2) is 137 Å². The number of para-hydroxylation sites is 4. The zero-order chi connectivity index (χ0) is 86.9. The molecule has 12 bridgehead atoms. The Morgan fingerprint density at radius 1 is 0.410 bits per heavy atom.